The third-order valence-corrected chi connectivity index (χ3v) is 4.51. The van der Waals surface area contributed by atoms with Crippen molar-refractivity contribution in [3.05, 3.63) is 24.3 Å². The standard InChI is InChI=1S/C15H18N2O5S/c1-2-22-11-6-4-3-5-9(11)16-13(18)7-12-14(19)17-10(8-23-12)15(20)21/h3-6,10,12H,2,7-8H2,1H3,(H,16,18)(H,17,19)(H,20,21)/t10-,12+/m0/s1. The Morgan fingerprint density at radius 1 is 1.43 bits per heavy atom. The lowest BCUT2D eigenvalue weighted by Gasteiger charge is -2.25. The third kappa shape index (κ3) is 4.62. The van der Waals surface area contributed by atoms with E-state index in [4.69, 9.17) is 9.84 Å². The molecule has 1 heterocycles. The van der Waals surface area contributed by atoms with E-state index in [0.717, 1.165) is 0 Å². The molecular weight excluding hydrogens is 320 g/mol. The van der Waals surface area contributed by atoms with Crippen molar-refractivity contribution in [2.45, 2.75) is 24.6 Å². The van der Waals surface area contributed by atoms with Crippen LogP contribution in [0.5, 0.6) is 5.75 Å². The van der Waals surface area contributed by atoms with Crippen molar-refractivity contribution in [2.75, 3.05) is 17.7 Å². The van der Waals surface area contributed by atoms with Crippen LogP contribution in [0.25, 0.3) is 0 Å². The van der Waals surface area contributed by atoms with Gasteiger partial charge >= 0.3 is 5.97 Å². The third-order valence-electron chi connectivity index (χ3n) is 3.20. The molecule has 7 nitrogen and oxygen atoms in total. The van der Waals surface area contributed by atoms with Crippen LogP contribution in [-0.4, -0.2) is 46.5 Å². The fraction of sp³-hybridized carbons (Fsp3) is 0.400. The average molecular weight is 338 g/mol. The molecule has 0 spiro atoms. The molecule has 1 aliphatic rings. The van der Waals surface area contributed by atoms with Gasteiger partial charge in [-0.15, -0.1) is 11.8 Å². The van der Waals surface area contributed by atoms with Crippen LogP contribution in [-0.2, 0) is 14.4 Å². The number of aliphatic carboxylic acids is 1. The molecule has 1 aromatic carbocycles. The topological polar surface area (TPSA) is 105 Å². The summed E-state index contributed by atoms with van der Waals surface area (Å²) in [5, 5.41) is 13.4. The van der Waals surface area contributed by atoms with Crippen molar-refractivity contribution in [1.82, 2.24) is 5.32 Å². The first kappa shape index (κ1) is 17.1. The van der Waals surface area contributed by atoms with Crippen LogP contribution in [0, 0.1) is 0 Å². The molecule has 8 heteroatoms. The number of nitrogens with one attached hydrogen (secondary N) is 2. The Bertz CT molecular complexity index is 607. The Hall–Kier alpha value is -2.22. The summed E-state index contributed by atoms with van der Waals surface area (Å²) < 4.78 is 5.42. The van der Waals surface area contributed by atoms with Gasteiger partial charge in [0.05, 0.1) is 17.5 Å². The van der Waals surface area contributed by atoms with Crippen LogP contribution in [0.4, 0.5) is 5.69 Å². The van der Waals surface area contributed by atoms with E-state index in [-0.39, 0.29) is 18.1 Å². The first-order valence-electron chi connectivity index (χ1n) is 7.17. The van der Waals surface area contributed by atoms with Crippen molar-refractivity contribution < 1.29 is 24.2 Å². The SMILES string of the molecule is CCOc1ccccc1NC(=O)C[C@H]1SC[C@@H](C(=O)O)NC1=O. The Labute approximate surface area is 137 Å². The second-order valence-electron chi connectivity index (χ2n) is 4.90. The molecule has 1 aliphatic heterocycles. The predicted octanol–water partition coefficient (Wildman–Crippen LogP) is 1.10. The first-order valence-corrected chi connectivity index (χ1v) is 8.22. The fourth-order valence-corrected chi connectivity index (χ4v) is 3.24. The molecule has 0 radical (unpaired) electrons. The number of anilines is 1. The number of carboxylic acid groups (broad SMARTS) is 1. The monoisotopic (exact) mass is 338 g/mol. The average Bonchev–Trinajstić information content (AvgIpc) is 2.51. The van der Waals surface area contributed by atoms with Gasteiger partial charge in [0, 0.05) is 12.2 Å². The Morgan fingerprint density at radius 3 is 2.83 bits per heavy atom. The zero-order valence-electron chi connectivity index (χ0n) is 12.6. The Morgan fingerprint density at radius 2 is 2.17 bits per heavy atom. The summed E-state index contributed by atoms with van der Waals surface area (Å²) in [4.78, 5) is 34.8. The molecule has 124 valence electrons. The molecule has 2 rings (SSSR count). The van der Waals surface area contributed by atoms with E-state index in [2.05, 4.69) is 10.6 Å². The summed E-state index contributed by atoms with van der Waals surface area (Å²) in [7, 11) is 0. The predicted molar refractivity (Wildman–Crippen MR) is 86.7 cm³/mol. The molecule has 0 unspecified atom stereocenters. The molecule has 0 bridgehead atoms. The normalized spacial score (nSPS) is 20.5. The minimum atomic E-state index is -1.07. The Balaban J connectivity index is 1.93. The maximum atomic E-state index is 12.1. The van der Waals surface area contributed by atoms with Crippen molar-refractivity contribution in [3.8, 4) is 5.75 Å². The highest BCUT2D eigenvalue weighted by Crippen LogP contribution is 2.25. The summed E-state index contributed by atoms with van der Waals surface area (Å²) in [6.07, 6.45) is -0.0245. The van der Waals surface area contributed by atoms with Gasteiger partial charge in [0.2, 0.25) is 11.8 Å². The molecule has 1 aromatic rings. The van der Waals surface area contributed by atoms with E-state index in [1.165, 1.54) is 11.8 Å². The van der Waals surface area contributed by atoms with Crippen molar-refractivity contribution in [3.63, 3.8) is 0 Å². The van der Waals surface area contributed by atoms with Gasteiger partial charge < -0.3 is 20.5 Å². The number of thioether (sulfide) groups is 1. The molecule has 23 heavy (non-hydrogen) atoms. The highest BCUT2D eigenvalue weighted by molar-refractivity contribution is 8.00. The molecule has 1 fully saturated rings. The van der Waals surface area contributed by atoms with Gasteiger partial charge in [-0.3, -0.25) is 9.59 Å². The first-order chi connectivity index (χ1) is 11.0. The van der Waals surface area contributed by atoms with E-state index in [9.17, 15) is 14.4 Å². The summed E-state index contributed by atoms with van der Waals surface area (Å²) >= 11 is 1.18. The number of carbonyl (C=O) groups excluding carboxylic acids is 2. The lowest BCUT2D eigenvalue weighted by molar-refractivity contribution is -0.141. The van der Waals surface area contributed by atoms with Gasteiger partial charge in [-0.1, -0.05) is 12.1 Å². The van der Waals surface area contributed by atoms with Crippen molar-refractivity contribution in [1.29, 1.82) is 0 Å². The zero-order valence-corrected chi connectivity index (χ0v) is 13.4. The number of carbonyl (C=O) groups is 3. The zero-order chi connectivity index (χ0) is 16.8. The van der Waals surface area contributed by atoms with E-state index in [1.807, 2.05) is 6.92 Å². The minimum Gasteiger partial charge on any atom is -0.492 e. The summed E-state index contributed by atoms with van der Waals surface area (Å²) in [6.45, 7) is 2.32. The van der Waals surface area contributed by atoms with Crippen LogP contribution >= 0.6 is 11.8 Å². The van der Waals surface area contributed by atoms with Crippen molar-refractivity contribution in [2.24, 2.45) is 0 Å². The highest BCUT2D eigenvalue weighted by Gasteiger charge is 2.33. The number of benzene rings is 1. The molecule has 0 aromatic heterocycles. The molecular formula is C15H18N2O5S. The number of hydrogen-bond acceptors (Lipinski definition) is 5. The van der Waals surface area contributed by atoms with Crippen LogP contribution in [0.15, 0.2) is 24.3 Å². The van der Waals surface area contributed by atoms with Gasteiger partial charge in [-0.25, -0.2) is 4.79 Å². The smallest absolute Gasteiger partial charge is 0.327 e. The maximum Gasteiger partial charge on any atom is 0.327 e. The molecule has 0 saturated carbocycles. The largest absolute Gasteiger partial charge is 0.492 e. The molecule has 2 amide bonds. The van der Waals surface area contributed by atoms with Gasteiger partial charge in [0.1, 0.15) is 11.8 Å². The van der Waals surface area contributed by atoms with E-state index >= 15 is 0 Å². The second-order valence-corrected chi connectivity index (χ2v) is 6.14. The lowest BCUT2D eigenvalue weighted by atomic mass is 10.2. The van der Waals surface area contributed by atoms with Gasteiger partial charge in [0.25, 0.3) is 0 Å². The minimum absolute atomic E-state index is 0.0245. The number of amides is 2. The molecule has 3 N–H and O–H groups in total. The van der Waals surface area contributed by atoms with Gasteiger partial charge in [-0.2, -0.15) is 0 Å². The highest BCUT2D eigenvalue weighted by atomic mass is 32.2. The lowest BCUT2D eigenvalue weighted by Crippen LogP contribution is -2.51. The molecule has 0 aliphatic carbocycles. The number of carboxylic acids is 1. The van der Waals surface area contributed by atoms with Crippen LogP contribution in [0.2, 0.25) is 0 Å². The van der Waals surface area contributed by atoms with Crippen LogP contribution < -0.4 is 15.4 Å². The summed E-state index contributed by atoms with van der Waals surface area (Å²) in [5.74, 6) is -1.01. The maximum absolute atomic E-state index is 12.1. The molecule has 1 saturated heterocycles. The number of para-hydroxylation sites is 2. The van der Waals surface area contributed by atoms with Gasteiger partial charge in [-0.05, 0) is 19.1 Å². The van der Waals surface area contributed by atoms with Gasteiger partial charge in [0.15, 0.2) is 0 Å². The number of ether oxygens (including phenoxy) is 1. The fourth-order valence-electron chi connectivity index (χ4n) is 2.10. The quantitative estimate of drug-likeness (QED) is 0.717. The summed E-state index contributed by atoms with van der Waals surface area (Å²) in [6, 6.07) is 6.15. The van der Waals surface area contributed by atoms with Crippen molar-refractivity contribution >= 4 is 35.2 Å². The van der Waals surface area contributed by atoms with E-state index < -0.39 is 23.2 Å². The summed E-state index contributed by atoms with van der Waals surface area (Å²) in [5.41, 5.74) is 0.545. The second kappa shape index (κ2) is 7.87. The van der Waals surface area contributed by atoms with E-state index in [0.29, 0.717) is 18.0 Å². The molecule has 2 atom stereocenters. The van der Waals surface area contributed by atoms with Crippen LogP contribution in [0.1, 0.15) is 13.3 Å². The Kier molecular flexibility index (Phi) is 5.86. The number of hydrogen-bond donors (Lipinski definition) is 3. The number of rotatable bonds is 6. The van der Waals surface area contributed by atoms with Crippen LogP contribution in [0.3, 0.4) is 0 Å². The van der Waals surface area contributed by atoms with E-state index in [1.54, 1.807) is 24.3 Å².